The molecule has 9 heteroatoms. The molecule has 2 unspecified atom stereocenters. The van der Waals surface area contributed by atoms with Crippen LogP contribution in [0.15, 0.2) is 12.7 Å². The van der Waals surface area contributed by atoms with Crippen LogP contribution in [0.3, 0.4) is 0 Å². The number of carbonyl (C=O) groups excluding carboxylic acids is 1. The Kier molecular flexibility index (Phi) is 13.1. The highest BCUT2D eigenvalue weighted by Crippen LogP contribution is 2.50. The van der Waals surface area contributed by atoms with Gasteiger partial charge in [-0.2, -0.15) is 0 Å². The van der Waals surface area contributed by atoms with Crippen LogP contribution in [0.25, 0.3) is 0 Å². The van der Waals surface area contributed by atoms with Crippen molar-refractivity contribution in [2.24, 2.45) is 0 Å². The van der Waals surface area contributed by atoms with E-state index in [-0.39, 0.29) is 39.6 Å². The molecule has 0 aromatic heterocycles. The van der Waals surface area contributed by atoms with Gasteiger partial charge < -0.3 is 28.4 Å². The van der Waals surface area contributed by atoms with Gasteiger partial charge in [-0.25, -0.2) is 4.79 Å². The molecule has 0 aliphatic heterocycles. The second-order valence-corrected chi connectivity index (χ2v) is 6.72. The first-order valence-electron chi connectivity index (χ1n) is 9.34. The monoisotopic (exact) mass is 409 g/mol. The molecule has 0 bridgehead atoms. The average Bonchev–Trinajstić information content (AvgIpc) is 2.65. The maximum absolute atomic E-state index is 13.2. The highest BCUT2D eigenvalue weighted by Gasteiger charge is 2.71. The van der Waals surface area contributed by atoms with Gasteiger partial charge in [-0.1, -0.05) is 11.1 Å². The zero-order valence-electron chi connectivity index (χ0n) is 17.3. The van der Waals surface area contributed by atoms with Crippen molar-refractivity contribution >= 4 is 13.3 Å². The molecule has 27 heavy (non-hydrogen) atoms. The first-order chi connectivity index (χ1) is 12.9. The minimum atomic E-state index is -2.77. The molecular formula is C18H34O8P+. The quantitative estimate of drug-likeness (QED) is 0.205. The first-order valence-corrected chi connectivity index (χ1v) is 10.6. The summed E-state index contributed by atoms with van der Waals surface area (Å²) in [6.45, 7) is 14.9. The van der Waals surface area contributed by atoms with Crippen molar-refractivity contribution in [3.63, 3.8) is 0 Å². The Balaban J connectivity index is 6.64. The van der Waals surface area contributed by atoms with Crippen molar-refractivity contribution < 1.29 is 37.8 Å². The maximum atomic E-state index is 13.2. The lowest BCUT2D eigenvalue weighted by atomic mass is 10.2. The van der Waals surface area contributed by atoms with Crippen molar-refractivity contribution in [3.8, 4) is 0 Å². The molecule has 0 aromatic carbocycles. The third-order valence-corrected chi connectivity index (χ3v) is 5.02. The van der Waals surface area contributed by atoms with Crippen LogP contribution in [0.1, 0.15) is 41.5 Å². The van der Waals surface area contributed by atoms with Crippen LogP contribution in [0.2, 0.25) is 0 Å². The molecule has 0 aromatic rings. The molecule has 0 radical (unpaired) electrons. The van der Waals surface area contributed by atoms with Gasteiger partial charge >= 0.3 is 24.8 Å². The molecule has 0 N–H and O–H groups in total. The second-order valence-electron chi connectivity index (χ2n) is 5.07. The minimum absolute atomic E-state index is 0.107. The van der Waals surface area contributed by atoms with Crippen molar-refractivity contribution in [1.29, 1.82) is 0 Å². The van der Waals surface area contributed by atoms with E-state index in [1.54, 1.807) is 41.5 Å². The lowest BCUT2D eigenvalue weighted by Gasteiger charge is -2.42. The molecule has 2 atom stereocenters. The zero-order chi connectivity index (χ0) is 20.9. The normalized spacial score (nSPS) is 14.1. The molecule has 0 saturated heterocycles. The van der Waals surface area contributed by atoms with Gasteiger partial charge in [-0.05, 0) is 41.5 Å². The van der Waals surface area contributed by atoms with Gasteiger partial charge in [0.1, 0.15) is 0 Å². The van der Waals surface area contributed by atoms with E-state index in [0.717, 1.165) is 6.08 Å². The summed E-state index contributed by atoms with van der Waals surface area (Å²) in [5.41, 5.74) is -2.70. The molecule has 0 aliphatic carbocycles. The van der Waals surface area contributed by atoms with E-state index >= 15 is 0 Å². The van der Waals surface area contributed by atoms with E-state index in [4.69, 9.17) is 28.4 Å². The van der Waals surface area contributed by atoms with Crippen LogP contribution in [0, 0.1) is 0 Å². The van der Waals surface area contributed by atoms with Crippen LogP contribution in [-0.2, 0) is 37.8 Å². The Hall–Kier alpha value is -0.730. The smallest absolute Gasteiger partial charge is 0.361 e. The first kappa shape index (κ1) is 26.3. The maximum Gasteiger partial charge on any atom is 0.488 e. The predicted octanol–water partition coefficient (Wildman–Crippen LogP) is 3.42. The second kappa shape index (κ2) is 13.4. The number of hydrogen-bond acceptors (Lipinski definition) is 8. The predicted molar refractivity (Wildman–Crippen MR) is 102 cm³/mol. The van der Waals surface area contributed by atoms with Gasteiger partial charge in [-0.15, -0.1) is 0 Å². The third-order valence-electron chi connectivity index (χ3n) is 3.38. The van der Waals surface area contributed by atoms with E-state index in [1.807, 2.05) is 0 Å². The molecule has 0 amide bonds. The minimum Gasteiger partial charge on any atom is -0.361 e. The molecule has 0 fully saturated rings. The van der Waals surface area contributed by atoms with E-state index in [0.29, 0.717) is 0 Å². The topological polar surface area (TPSA) is 89.5 Å². The van der Waals surface area contributed by atoms with Gasteiger partial charge in [0.2, 0.25) is 6.10 Å². The fraction of sp³-hybridized carbons (Fsp3) is 0.833. The zero-order valence-corrected chi connectivity index (χ0v) is 18.2. The standard InChI is InChI=1S/C18H34O8P/c1-8-15(19)27(20)18(25-13-6,26-14-7)16(21-9-2)17(22-10-3,23-11-4)24-12-5/h8,16H,1,9-14H2,2-7H3/q+1. The summed E-state index contributed by atoms with van der Waals surface area (Å²) in [7, 11) is -2.77. The summed E-state index contributed by atoms with van der Waals surface area (Å²) in [5.74, 6) is -1.77. The summed E-state index contributed by atoms with van der Waals surface area (Å²) < 4.78 is 48.0. The van der Waals surface area contributed by atoms with Crippen LogP contribution in [0.5, 0.6) is 0 Å². The summed E-state index contributed by atoms with van der Waals surface area (Å²) in [6.07, 6.45) is -0.291. The Morgan fingerprint density at radius 2 is 1.26 bits per heavy atom. The fourth-order valence-electron chi connectivity index (χ4n) is 2.62. The van der Waals surface area contributed by atoms with Gasteiger partial charge in [0.15, 0.2) is 0 Å². The average molecular weight is 409 g/mol. The van der Waals surface area contributed by atoms with Gasteiger partial charge in [0.25, 0.3) is 0 Å². The van der Waals surface area contributed by atoms with Crippen molar-refractivity contribution in [2.45, 2.75) is 59.1 Å². The lowest BCUT2D eigenvalue weighted by molar-refractivity contribution is -0.443. The Labute approximate surface area is 163 Å². The Morgan fingerprint density at radius 3 is 1.56 bits per heavy atom. The SMILES string of the molecule is C=CC(=O)[P+](=O)C(OCC)(OCC)C(OCC)C(OCC)(OCC)OCC. The van der Waals surface area contributed by atoms with E-state index in [2.05, 4.69) is 6.58 Å². The van der Waals surface area contributed by atoms with E-state index < -0.39 is 30.9 Å². The fourth-order valence-corrected chi connectivity index (χ4v) is 4.03. The third kappa shape index (κ3) is 6.39. The Bertz CT molecular complexity index is 445. The molecular weight excluding hydrogens is 375 g/mol. The molecule has 8 nitrogen and oxygen atoms in total. The molecule has 0 aliphatic rings. The largest absolute Gasteiger partial charge is 0.488 e. The summed E-state index contributed by atoms with van der Waals surface area (Å²) in [6, 6.07) is 0. The van der Waals surface area contributed by atoms with Gasteiger partial charge in [-0.3, -0.25) is 0 Å². The highest BCUT2D eigenvalue weighted by molar-refractivity contribution is 7.65. The van der Waals surface area contributed by atoms with Crippen molar-refractivity contribution in [3.05, 3.63) is 12.7 Å². The van der Waals surface area contributed by atoms with E-state index in [1.165, 1.54) is 0 Å². The molecule has 158 valence electrons. The molecule has 0 heterocycles. The van der Waals surface area contributed by atoms with E-state index in [9.17, 15) is 9.36 Å². The molecule has 0 rings (SSSR count). The lowest BCUT2D eigenvalue weighted by Crippen LogP contribution is -2.63. The Morgan fingerprint density at radius 1 is 0.852 bits per heavy atom. The molecule has 0 spiro atoms. The van der Waals surface area contributed by atoms with Gasteiger partial charge in [0, 0.05) is 32.5 Å². The summed E-state index contributed by atoms with van der Waals surface area (Å²) >= 11 is 0. The number of ether oxygens (including phenoxy) is 6. The van der Waals surface area contributed by atoms with Crippen LogP contribution in [0.4, 0.5) is 0 Å². The van der Waals surface area contributed by atoms with Crippen LogP contribution >= 0.6 is 7.80 Å². The number of rotatable bonds is 17. The van der Waals surface area contributed by atoms with Gasteiger partial charge in [0.05, 0.1) is 13.2 Å². The summed E-state index contributed by atoms with van der Waals surface area (Å²) in [5, 5.41) is 0. The van der Waals surface area contributed by atoms with Crippen molar-refractivity contribution in [2.75, 3.05) is 39.6 Å². The van der Waals surface area contributed by atoms with Crippen molar-refractivity contribution in [1.82, 2.24) is 0 Å². The van der Waals surface area contributed by atoms with Crippen LogP contribution < -0.4 is 0 Å². The van der Waals surface area contributed by atoms with Crippen LogP contribution in [-0.4, -0.2) is 62.8 Å². The number of hydrogen-bond donors (Lipinski definition) is 0. The highest BCUT2D eigenvalue weighted by atomic mass is 31.1. The molecule has 0 saturated carbocycles. The summed E-state index contributed by atoms with van der Waals surface area (Å²) in [4.78, 5) is 12.3. The number of carbonyl (C=O) groups is 1. The number of allylic oxidation sites excluding steroid dienone is 1.